The first-order chi connectivity index (χ1) is 17.0. The molecule has 2 bridgehead atoms. The van der Waals surface area contributed by atoms with Gasteiger partial charge in [-0.1, -0.05) is 17.3 Å². The van der Waals surface area contributed by atoms with Crippen LogP contribution in [0.1, 0.15) is 40.6 Å². The predicted molar refractivity (Wildman–Crippen MR) is 125 cm³/mol. The summed E-state index contributed by atoms with van der Waals surface area (Å²) in [6.07, 6.45) is 4.32. The van der Waals surface area contributed by atoms with E-state index in [1.54, 1.807) is 16.8 Å². The Morgan fingerprint density at radius 2 is 2.11 bits per heavy atom. The van der Waals surface area contributed by atoms with Crippen molar-refractivity contribution in [2.24, 2.45) is 0 Å². The van der Waals surface area contributed by atoms with Gasteiger partial charge in [-0.2, -0.15) is 10.1 Å². The minimum atomic E-state index is -0.906. The van der Waals surface area contributed by atoms with Crippen LogP contribution in [0.2, 0.25) is 0 Å². The summed E-state index contributed by atoms with van der Waals surface area (Å²) < 4.78 is 26.0. The minimum absolute atomic E-state index is 0.254. The molecule has 1 N–H and O–H groups in total. The van der Waals surface area contributed by atoms with Crippen molar-refractivity contribution in [3.8, 4) is 11.4 Å². The highest BCUT2D eigenvalue weighted by atomic mass is 19.1. The number of carbonyl (C=O) groups excluding carboxylic acids is 1. The van der Waals surface area contributed by atoms with E-state index < -0.39 is 6.17 Å². The van der Waals surface area contributed by atoms with Crippen LogP contribution >= 0.6 is 0 Å². The summed E-state index contributed by atoms with van der Waals surface area (Å²) in [5.74, 6) is 0.137. The number of aromatic nitrogens is 4. The van der Waals surface area contributed by atoms with Gasteiger partial charge in [-0.25, -0.2) is 8.91 Å². The highest BCUT2D eigenvalue weighted by Gasteiger charge is 2.43. The van der Waals surface area contributed by atoms with Crippen LogP contribution < -0.4 is 10.2 Å². The Balaban J connectivity index is 1.16. The lowest BCUT2D eigenvalue weighted by Crippen LogP contribution is -2.36. The van der Waals surface area contributed by atoms with Gasteiger partial charge in [-0.15, -0.1) is 0 Å². The van der Waals surface area contributed by atoms with Crippen LogP contribution in [0, 0.1) is 6.92 Å². The Labute approximate surface area is 199 Å². The molecule has 1 amide bonds. The standard InChI is InChI=1S/C25H23FN6O3/c1-13-2-3-14(23-29-25(35-30-23)18-9-20(18)26)6-21(13)28-24(33)19-10-27-32-5-4-15(8-22(19)32)31-11-17-7-16(31)12-34-17/h2-6,8,10,16-18,20H,7,9,11-12H2,1H3,(H,28,33)/t16-,17-,18+,20+/m1/s1. The molecular weight excluding hydrogens is 451 g/mol. The van der Waals surface area contributed by atoms with Crippen molar-refractivity contribution >= 4 is 22.8 Å². The lowest BCUT2D eigenvalue weighted by Gasteiger charge is -2.29. The molecule has 5 heterocycles. The molecule has 1 aliphatic carbocycles. The van der Waals surface area contributed by atoms with Crippen LogP contribution in [0.25, 0.3) is 16.9 Å². The third-order valence-electron chi connectivity index (χ3n) is 7.20. The molecule has 9 nitrogen and oxygen atoms in total. The van der Waals surface area contributed by atoms with Gasteiger partial charge in [0, 0.05) is 29.7 Å². The number of ether oxygens (including phenoxy) is 1. The Morgan fingerprint density at radius 3 is 2.89 bits per heavy atom. The van der Waals surface area contributed by atoms with Crippen molar-refractivity contribution in [3.63, 3.8) is 0 Å². The third-order valence-corrected chi connectivity index (χ3v) is 7.20. The number of anilines is 2. The molecule has 35 heavy (non-hydrogen) atoms. The zero-order chi connectivity index (χ0) is 23.7. The fourth-order valence-corrected chi connectivity index (χ4v) is 5.05. The summed E-state index contributed by atoms with van der Waals surface area (Å²) in [5.41, 5.74) is 4.51. The molecule has 4 atom stereocenters. The van der Waals surface area contributed by atoms with E-state index in [0.29, 0.717) is 41.0 Å². The van der Waals surface area contributed by atoms with Gasteiger partial charge in [-0.05, 0) is 43.5 Å². The van der Waals surface area contributed by atoms with Crippen molar-refractivity contribution in [1.82, 2.24) is 19.8 Å². The first kappa shape index (κ1) is 20.6. The molecule has 3 fully saturated rings. The van der Waals surface area contributed by atoms with Crippen molar-refractivity contribution in [1.29, 1.82) is 0 Å². The number of hydrogen-bond acceptors (Lipinski definition) is 7. The number of fused-ring (bicyclic) bond motifs is 3. The third kappa shape index (κ3) is 3.47. The Bertz CT molecular complexity index is 1460. The number of rotatable bonds is 5. The number of pyridine rings is 1. The number of nitrogens with one attached hydrogen (secondary N) is 1. The molecule has 4 aromatic rings. The largest absolute Gasteiger partial charge is 0.374 e. The van der Waals surface area contributed by atoms with Gasteiger partial charge < -0.3 is 19.5 Å². The minimum Gasteiger partial charge on any atom is -0.374 e. The fourth-order valence-electron chi connectivity index (χ4n) is 5.05. The van der Waals surface area contributed by atoms with Crippen molar-refractivity contribution in [3.05, 3.63) is 59.7 Å². The maximum absolute atomic E-state index is 13.3. The van der Waals surface area contributed by atoms with Gasteiger partial charge in [0.25, 0.3) is 5.91 Å². The molecule has 0 radical (unpaired) electrons. The normalized spacial score (nSPS) is 24.9. The van der Waals surface area contributed by atoms with E-state index in [-0.39, 0.29) is 17.9 Å². The molecule has 2 saturated heterocycles. The number of nitrogens with zero attached hydrogens (tertiary/aromatic N) is 5. The lowest BCUT2D eigenvalue weighted by molar-refractivity contribution is 0.0991. The number of carbonyl (C=O) groups is 1. The van der Waals surface area contributed by atoms with Crippen LogP contribution in [0.15, 0.2) is 47.2 Å². The summed E-state index contributed by atoms with van der Waals surface area (Å²) in [4.78, 5) is 20.0. The Morgan fingerprint density at radius 1 is 1.23 bits per heavy atom. The van der Waals surface area contributed by atoms with Gasteiger partial charge >= 0.3 is 0 Å². The summed E-state index contributed by atoms with van der Waals surface area (Å²) >= 11 is 0. The van der Waals surface area contributed by atoms with Gasteiger partial charge in [0.1, 0.15) is 6.17 Å². The van der Waals surface area contributed by atoms with Crippen molar-refractivity contribution in [2.45, 2.75) is 44.0 Å². The number of hydrogen-bond donors (Lipinski definition) is 1. The first-order valence-electron chi connectivity index (χ1n) is 11.8. The Kier molecular flexibility index (Phi) is 4.47. The van der Waals surface area contributed by atoms with Gasteiger partial charge in [0.05, 0.1) is 41.9 Å². The molecule has 3 aliphatic rings. The zero-order valence-electron chi connectivity index (χ0n) is 19.0. The van der Waals surface area contributed by atoms with E-state index in [1.807, 2.05) is 37.4 Å². The fraction of sp³-hybridized carbons (Fsp3) is 0.360. The average Bonchev–Trinajstić information content (AvgIpc) is 3.40. The van der Waals surface area contributed by atoms with Crippen LogP contribution in [0.5, 0.6) is 0 Å². The monoisotopic (exact) mass is 474 g/mol. The van der Waals surface area contributed by atoms with E-state index in [2.05, 4.69) is 25.5 Å². The number of alkyl halides is 1. The molecule has 178 valence electrons. The SMILES string of the molecule is Cc1ccc(-c2noc([C@H]3C[C@@H]3F)n2)cc1NC(=O)c1cnn2ccc(N3C[C@H]4C[C@@H]3CO4)cc12. The number of amides is 1. The first-order valence-corrected chi connectivity index (χ1v) is 11.8. The summed E-state index contributed by atoms with van der Waals surface area (Å²) in [5, 5.41) is 11.4. The second kappa shape index (κ2) is 7.61. The van der Waals surface area contributed by atoms with Crippen molar-refractivity contribution in [2.75, 3.05) is 23.4 Å². The molecule has 0 spiro atoms. The van der Waals surface area contributed by atoms with Gasteiger partial charge in [-0.3, -0.25) is 4.79 Å². The van der Waals surface area contributed by atoms with Gasteiger partial charge in [0.2, 0.25) is 11.7 Å². The average molecular weight is 474 g/mol. The number of benzene rings is 1. The van der Waals surface area contributed by atoms with E-state index in [1.165, 1.54) is 0 Å². The maximum Gasteiger partial charge on any atom is 0.259 e. The molecule has 1 aromatic carbocycles. The predicted octanol–water partition coefficient (Wildman–Crippen LogP) is 3.75. The van der Waals surface area contributed by atoms with Crippen LogP contribution in [-0.2, 0) is 4.74 Å². The second-order valence-corrected chi connectivity index (χ2v) is 9.57. The maximum atomic E-state index is 13.3. The van der Waals surface area contributed by atoms with E-state index in [4.69, 9.17) is 9.26 Å². The smallest absolute Gasteiger partial charge is 0.259 e. The van der Waals surface area contributed by atoms with Crippen LogP contribution in [0.4, 0.5) is 15.8 Å². The molecule has 1 saturated carbocycles. The summed E-state index contributed by atoms with van der Waals surface area (Å²) in [6.45, 7) is 3.53. The number of morpholine rings is 1. The number of halogens is 1. The second-order valence-electron chi connectivity index (χ2n) is 9.57. The zero-order valence-corrected chi connectivity index (χ0v) is 19.0. The highest BCUT2D eigenvalue weighted by molar-refractivity contribution is 6.09. The van der Waals surface area contributed by atoms with E-state index in [9.17, 15) is 9.18 Å². The lowest BCUT2D eigenvalue weighted by atomic mass is 10.1. The van der Waals surface area contributed by atoms with Crippen LogP contribution in [-0.4, -0.2) is 57.1 Å². The molecule has 3 aromatic heterocycles. The quantitative estimate of drug-likeness (QED) is 0.470. The molecule has 7 rings (SSSR count). The van der Waals surface area contributed by atoms with Gasteiger partial charge in [0.15, 0.2) is 0 Å². The van der Waals surface area contributed by atoms with Crippen LogP contribution in [0.3, 0.4) is 0 Å². The summed E-state index contributed by atoms with van der Waals surface area (Å²) in [6, 6.07) is 9.97. The van der Waals surface area contributed by atoms with E-state index in [0.717, 1.165) is 36.3 Å². The summed E-state index contributed by atoms with van der Waals surface area (Å²) in [7, 11) is 0. The topological polar surface area (TPSA) is 97.8 Å². The van der Waals surface area contributed by atoms with Crippen molar-refractivity contribution < 1.29 is 18.4 Å². The van der Waals surface area contributed by atoms with E-state index >= 15 is 0 Å². The molecule has 10 heteroatoms. The molecule has 0 unspecified atom stereocenters. The number of aryl methyl sites for hydroxylation is 1. The molecule has 2 aliphatic heterocycles. The molecular formula is C25H23FN6O3. The Hall–Kier alpha value is -3.79. The highest BCUT2D eigenvalue weighted by Crippen LogP contribution is 2.43.